The highest BCUT2D eigenvalue weighted by atomic mass is 35.5. The lowest BCUT2D eigenvalue weighted by Gasteiger charge is -2.27. The average molecular weight is 270 g/mol. The number of aryl methyl sites for hydroxylation is 1. The molecule has 2 rings (SSSR count). The highest BCUT2D eigenvalue weighted by molar-refractivity contribution is 6.31. The van der Waals surface area contributed by atoms with Crippen LogP contribution in [0.3, 0.4) is 0 Å². The highest BCUT2D eigenvalue weighted by Gasteiger charge is 2.13. The quantitative estimate of drug-likeness (QED) is 0.809. The second kappa shape index (κ2) is 7.78. The van der Waals surface area contributed by atoms with Crippen LogP contribution in [0.4, 0.5) is 0 Å². The summed E-state index contributed by atoms with van der Waals surface area (Å²) in [5, 5.41) is 0.878. The van der Waals surface area contributed by atoms with Crippen LogP contribution in [0.15, 0.2) is 12.1 Å². The Morgan fingerprint density at radius 1 is 1.17 bits per heavy atom. The molecule has 0 aliphatic carbocycles. The fourth-order valence-electron chi connectivity index (χ4n) is 2.05. The molecule has 0 atom stereocenters. The molecule has 102 valence electrons. The van der Waals surface area contributed by atoms with Crippen LogP contribution in [-0.2, 0) is 11.3 Å². The number of nitrogens with zero attached hydrogens (tertiary/aromatic N) is 1. The van der Waals surface area contributed by atoms with Crippen molar-refractivity contribution in [2.45, 2.75) is 34.2 Å². The third-order valence-corrected chi connectivity index (χ3v) is 3.49. The van der Waals surface area contributed by atoms with Crippen molar-refractivity contribution in [2.75, 3.05) is 26.3 Å². The fourth-order valence-corrected chi connectivity index (χ4v) is 2.34. The zero-order valence-electron chi connectivity index (χ0n) is 11.9. The number of hydrogen-bond donors (Lipinski definition) is 0. The summed E-state index contributed by atoms with van der Waals surface area (Å²) in [5.41, 5.74) is 3.78. The Kier molecular flexibility index (Phi) is 6.69. The summed E-state index contributed by atoms with van der Waals surface area (Å²) < 4.78 is 5.35. The third-order valence-electron chi connectivity index (χ3n) is 3.09. The molecule has 1 heterocycles. The van der Waals surface area contributed by atoms with Gasteiger partial charge in [0.25, 0.3) is 0 Å². The summed E-state index contributed by atoms with van der Waals surface area (Å²) in [4.78, 5) is 2.42. The van der Waals surface area contributed by atoms with Gasteiger partial charge in [-0.3, -0.25) is 4.90 Å². The fraction of sp³-hybridized carbons (Fsp3) is 0.600. The molecule has 0 spiro atoms. The molecule has 0 aromatic heterocycles. The van der Waals surface area contributed by atoms with E-state index in [2.05, 4.69) is 24.8 Å². The van der Waals surface area contributed by atoms with Gasteiger partial charge in [-0.1, -0.05) is 31.5 Å². The Morgan fingerprint density at radius 2 is 1.78 bits per heavy atom. The van der Waals surface area contributed by atoms with Crippen molar-refractivity contribution in [3.8, 4) is 0 Å². The van der Waals surface area contributed by atoms with E-state index in [0.29, 0.717) is 0 Å². The number of morpholine rings is 1. The maximum absolute atomic E-state index is 6.19. The minimum atomic E-state index is 0.846. The molecule has 0 unspecified atom stereocenters. The van der Waals surface area contributed by atoms with Crippen LogP contribution >= 0.6 is 11.6 Å². The molecule has 1 aromatic carbocycles. The molecular weight excluding hydrogens is 246 g/mol. The van der Waals surface area contributed by atoms with Gasteiger partial charge in [0.05, 0.1) is 13.2 Å². The van der Waals surface area contributed by atoms with Crippen molar-refractivity contribution < 1.29 is 4.74 Å². The molecule has 2 nitrogen and oxygen atoms in total. The van der Waals surface area contributed by atoms with E-state index >= 15 is 0 Å². The number of hydrogen-bond acceptors (Lipinski definition) is 2. The van der Waals surface area contributed by atoms with Gasteiger partial charge in [0, 0.05) is 24.7 Å². The van der Waals surface area contributed by atoms with Gasteiger partial charge >= 0.3 is 0 Å². The predicted molar refractivity (Wildman–Crippen MR) is 78.4 cm³/mol. The van der Waals surface area contributed by atoms with Crippen LogP contribution in [-0.4, -0.2) is 31.2 Å². The first-order valence-electron chi connectivity index (χ1n) is 6.72. The van der Waals surface area contributed by atoms with Gasteiger partial charge in [-0.05, 0) is 36.6 Å². The van der Waals surface area contributed by atoms with Gasteiger partial charge in [-0.15, -0.1) is 0 Å². The topological polar surface area (TPSA) is 12.5 Å². The van der Waals surface area contributed by atoms with E-state index in [0.717, 1.165) is 37.9 Å². The van der Waals surface area contributed by atoms with Crippen molar-refractivity contribution in [3.05, 3.63) is 33.8 Å². The zero-order valence-corrected chi connectivity index (χ0v) is 12.7. The Hall–Kier alpha value is -0.570. The molecule has 1 fully saturated rings. The lowest BCUT2D eigenvalue weighted by Crippen LogP contribution is -2.35. The van der Waals surface area contributed by atoms with E-state index in [4.69, 9.17) is 16.3 Å². The summed E-state index contributed by atoms with van der Waals surface area (Å²) in [7, 11) is 0. The zero-order chi connectivity index (χ0) is 13.5. The van der Waals surface area contributed by atoms with Crippen molar-refractivity contribution >= 4 is 11.6 Å². The number of rotatable bonds is 2. The second-order valence-corrected chi connectivity index (χ2v) is 4.83. The van der Waals surface area contributed by atoms with Crippen LogP contribution in [0, 0.1) is 13.8 Å². The smallest absolute Gasteiger partial charge is 0.0594 e. The predicted octanol–water partition coefficient (Wildman–Crippen LogP) is 3.82. The molecule has 1 aromatic rings. The minimum Gasteiger partial charge on any atom is -0.379 e. The highest BCUT2D eigenvalue weighted by Crippen LogP contribution is 2.22. The number of benzene rings is 1. The van der Waals surface area contributed by atoms with Crippen LogP contribution in [0.25, 0.3) is 0 Å². The number of ether oxygens (including phenoxy) is 1. The van der Waals surface area contributed by atoms with E-state index in [9.17, 15) is 0 Å². The molecule has 0 saturated carbocycles. The van der Waals surface area contributed by atoms with Crippen molar-refractivity contribution in [1.82, 2.24) is 4.90 Å². The summed E-state index contributed by atoms with van der Waals surface area (Å²) in [5.74, 6) is 0. The molecule has 1 aliphatic rings. The SMILES string of the molecule is CC.Cc1cc(Cl)c(C)c(CN2CCOCC2)c1. The lowest BCUT2D eigenvalue weighted by molar-refractivity contribution is 0.0341. The monoisotopic (exact) mass is 269 g/mol. The lowest BCUT2D eigenvalue weighted by atomic mass is 10.0. The van der Waals surface area contributed by atoms with Gasteiger partial charge in [-0.25, -0.2) is 0 Å². The Balaban J connectivity index is 0.000000771. The average Bonchev–Trinajstić information content (AvgIpc) is 2.39. The van der Waals surface area contributed by atoms with Crippen molar-refractivity contribution in [3.63, 3.8) is 0 Å². The molecule has 0 bridgehead atoms. The van der Waals surface area contributed by atoms with Gasteiger partial charge in [0.2, 0.25) is 0 Å². The van der Waals surface area contributed by atoms with Crippen LogP contribution in [0.1, 0.15) is 30.5 Å². The van der Waals surface area contributed by atoms with E-state index in [1.807, 2.05) is 19.9 Å². The summed E-state index contributed by atoms with van der Waals surface area (Å²) >= 11 is 6.19. The first kappa shape index (κ1) is 15.5. The minimum absolute atomic E-state index is 0.846. The number of halogens is 1. The Labute approximate surface area is 116 Å². The normalized spacial score (nSPS) is 16.1. The molecule has 1 saturated heterocycles. The molecule has 18 heavy (non-hydrogen) atoms. The molecular formula is C15H24ClNO. The molecule has 1 aliphatic heterocycles. The van der Waals surface area contributed by atoms with E-state index in [1.165, 1.54) is 16.7 Å². The maximum Gasteiger partial charge on any atom is 0.0594 e. The molecule has 0 radical (unpaired) electrons. The molecule has 3 heteroatoms. The van der Waals surface area contributed by atoms with Gasteiger partial charge in [-0.2, -0.15) is 0 Å². The standard InChI is InChI=1S/C13H18ClNO.C2H6/c1-10-7-12(11(2)13(14)8-10)9-15-3-5-16-6-4-15;1-2/h7-8H,3-6,9H2,1-2H3;1-2H3. The summed E-state index contributed by atoms with van der Waals surface area (Å²) in [6.45, 7) is 12.9. The third kappa shape index (κ3) is 4.27. The summed E-state index contributed by atoms with van der Waals surface area (Å²) in [6.07, 6.45) is 0. The van der Waals surface area contributed by atoms with E-state index in [-0.39, 0.29) is 0 Å². The maximum atomic E-state index is 6.19. The van der Waals surface area contributed by atoms with Crippen LogP contribution in [0.2, 0.25) is 5.02 Å². The van der Waals surface area contributed by atoms with Gasteiger partial charge < -0.3 is 4.74 Å². The Bertz CT molecular complexity index is 373. The summed E-state index contributed by atoms with van der Waals surface area (Å²) in [6, 6.07) is 4.26. The van der Waals surface area contributed by atoms with Crippen LogP contribution in [0.5, 0.6) is 0 Å². The second-order valence-electron chi connectivity index (χ2n) is 4.42. The van der Waals surface area contributed by atoms with E-state index in [1.54, 1.807) is 0 Å². The first-order chi connectivity index (χ1) is 8.66. The van der Waals surface area contributed by atoms with Gasteiger partial charge in [0.1, 0.15) is 0 Å². The largest absolute Gasteiger partial charge is 0.379 e. The Morgan fingerprint density at radius 3 is 2.39 bits per heavy atom. The van der Waals surface area contributed by atoms with Crippen molar-refractivity contribution in [1.29, 1.82) is 0 Å². The first-order valence-corrected chi connectivity index (χ1v) is 7.10. The van der Waals surface area contributed by atoms with Gasteiger partial charge in [0.15, 0.2) is 0 Å². The molecule has 0 amide bonds. The van der Waals surface area contributed by atoms with Crippen molar-refractivity contribution in [2.24, 2.45) is 0 Å². The molecule has 0 N–H and O–H groups in total. The van der Waals surface area contributed by atoms with Crippen LogP contribution < -0.4 is 0 Å². The van der Waals surface area contributed by atoms with E-state index < -0.39 is 0 Å².